The third-order valence-corrected chi connectivity index (χ3v) is 9.98. The third kappa shape index (κ3) is 3.61. The molecule has 2 aliphatic rings. The summed E-state index contributed by atoms with van der Waals surface area (Å²) in [6, 6.07) is 47.9. The first-order chi connectivity index (χ1) is 22.6. The molecule has 1 spiro atoms. The van der Waals surface area contributed by atoms with Gasteiger partial charge in [-0.3, -0.25) is 4.98 Å². The number of hydrogen-bond donors (Lipinski definition) is 0. The van der Waals surface area contributed by atoms with Crippen molar-refractivity contribution >= 4 is 0 Å². The van der Waals surface area contributed by atoms with Gasteiger partial charge in [-0.2, -0.15) is 0 Å². The fraction of sp³-hybridized carbons (Fsp3) is 0.0952. The van der Waals surface area contributed by atoms with Gasteiger partial charge in [-0.1, -0.05) is 129 Å². The number of fused-ring (bicyclic) bond motifs is 9. The number of aromatic nitrogens is 4. The van der Waals surface area contributed by atoms with Crippen molar-refractivity contribution in [2.45, 2.75) is 24.7 Å². The van der Waals surface area contributed by atoms with Gasteiger partial charge in [0, 0.05) is 34.5 Å². The highest BCUT2D eigenvalue weighted by atomic mass is 15.2. The number of nitrogens with zero attached hydrogens (tertiary/aromatic N) is 4. The molecule has 2 heterocycles. The van der Waals surface area contributed by atoms with Gasteiger partial charge in [0.1, 0.15) is 11.4 Å². The maximum atomic E-state index is 5.10. The van der Waals surface area contributed by atoms with E-state index < -0.39 is 5.41 Å². The lowest BCUT2D eigenvalue weighted by Crippen LogP contribution is -2.40. The summed E-state index contributed by atoms with van der Waals surface area (Å²) >= 11 is 0. The number of pyridine rings is 1. The van der Waals surface area contributed by atoms with Gasteiger partial charge in [0.05, 0.1) is 5.41 Å². The number of hydrogen-bond acceptors (Lipinski definition) is 4. The van der Waals surface area contributed by atoms with Crippen molar-refractivity contribution in [3.05, 3.63) is 179 Å². The normalized spacial score (nSPS) is 14.7. The molecule has 0 aliphatic heterocycles. The van der Waals surface area contributed by atoms with Gasteiger partial charge >= 0.3 is 0 Å². The van der Waals surface area contributed by atoms with E-state index in [2.05, 4.69) is 127 Å². The lowest BCUT2D eigenvalue weighted by Gasteiger charge is -2.46. The monoisotopic (exact) mass is 590 g/mol. The van der Waals surface area contributed by atoms with Crippen LogP contribution < -0.4 is 0 Å². The Kier molecular flexibility index (Phi) is 5.72. The van der Waals surface area contributed by atoms with Gasteiger partial charge in [0.2, 0.25) is 0 Å². The largest absolute Gasteiger partial charge is 0.264 e. The van der Waals surface area contributed by atoms with E-state index in [1.807, 2.05) is 30.3 Å². The fourth-order valence-corrected chi connectivity index (χ4v) is 7.94. The molecule has 5 aromatic carbocycles. The third-order valence-electron chi connectivity index (χ3n) is 9.98. The van der Waals surface area contributed by atoms with Gasteiger partial charge in [-0.15, -0.1) is 10.2 Å². The molecule has 0 fully saturated rings. The second-order valence-corrected chi connectivity index (χ2v) is 12.7. The molecule has 7 aromatic rings. The van der Waals surface area contributed by atoms with E-state index in [1.165, 1.54) is 44.5 Å². The van der Waals surface area contributed by atoms with E-state index in [1.54, 1.807) is 12.4 Å². The van der Waals surface area contributed by atoms with E-state index in [9.17, 15) is 0 Å². The Balaban J connectivity index is 1.35. The lowest BCUT2D eigenvalue weighted by atomic mass is 9.55. The van der Waals surface area contributed by atoms with Gasteiger partial charge < -0.3 is 0 Å². The SMILES string of the molecule is CC1(C)c2ccccc2C2(c3ccccc3-c3ccc(-c4nnc(-c5cccnc5)nc4-c4ccccc4)cc32)c2ccccc21. The van der Waals surface area contributed by atoms with Crippen LogP contribution in [0.1, 0.15) is 47.2 Å². The lowest BCUT2D eigenvalue weighted by molar-refractivity contribution is 0.563. The minimum atomic E-state index is -0.478. The van der Waals surface area contributed by atoms with Crippen molar-refractivity contribution in [2.24, 2.45) is 0 Å². The average Bonchev–Trinajstić information content (AvgIpc) is 3.42. The van der Waals surface area contributed by atoms with Crippen LogP contribution in [0.3, 0.4) is 0 Å². The molecule has 4 heteroatoms. The molecule has 2 aromatic heterocycles. The van der Waals surface area contributed by atoms with Crippen LogP contribution >= 0.6 is 0 Å². The quantitative estimate of drug-likeness (QED) is 0.206. The maximum Gasteiger partial charge on any atom is 0.183 e. The zero-order valence-corrected chi connectivity index (χ0v) is 25.6. The summed E-state index contributed by atoms with van der Waals surface area (Å²) < 4.78 is 0. The Morgan fingerprint density at radius 3 is 1.76 bits per heavy atom. The van der Waals surface area contributed by atoms with Crippen LogP contribution in [-0.4, -0.2) is 20.2 Å². The second kappa shape index (κ2) is 9.88. The van der Waals surface area contributed by atoms with Crippen LogP contribution in [0.5, 0.6) is 0 Å². The van der Waals surface area contributed by atoms with E-state index in [0.29, 0.717) is 5.82 Å². The summed E-state index contributed by atoms with van der Waals surface area (Å²) in [5.74, 6) is 0.554. The molecule has 0 unspecified atom stereocenters. The molecule has 0 radical (unpaired) electrons. The molecule has 0 saturated heterocycles. The summed E-state index contributed by atoms with van der Waals surface area (Å²) in [6.45, 7) is 4.71. The maximum absolute atomic E-state index is 5.10. The zero-order valence-electron chi connectivity index (χ0n) is 25.6. The highest BCUT2D eigenvalue weighted by Crippen LogP contribution is 2.62. The first-order valence-electron chi connectivity index (χ1n) is 15.7. The summed E-state index contributed by atoms with van der Waals surface area (Å²) in [6.07, 6.45) is 3.53. The molecule has 2 aliphatic carbocycles. The van der Waals surface area contributed by atoms with Crippen molar-refractivity contribution in [2.75, 3.05) is 0 Å². The van der Waals surface area contributed by atoms with Crippen molar-refractivity contribution in [1.82, 2.24) is 20.2 Å². The van der Waals surface area contributed by atoms with Crippen LogP contribution in [0, 0.1) is 0 Å². The number of benzene rings is 5. The molecule has 9 rings (SSSR count). The fourth-order valence-electron chi connectivity index (χ4n) is 7.94. The van der Waals surface area contributed by atoms with Gasteiger partial charge in [0.25, 0.3) is 0 Å². The van der Waals surface area contributed by atoms with Crippen LogP contribution in [0.25, 0.3) is 45.0 Å². The molecule has 0 amide bonds. The molecule has 0 atom stereocenters. The van der Waals surface area contributed by atoms with Crippen LogP contribution in [0.2, 0.25) is 0 Å². The molecule has 4 nitrogen and oxygen atoms in total. The summed E-state index contributed by atoms with van der Waals surface area (Å²) in [5.41, 5.74) is 14.2. The van der Waals surface area contributed by atoms with Crippen LogP contribution in [-0.2, 0) is 10.8 Å². The Labute approximate surface area is 268 Å². The number of rotatable bonds is 3. The minimum Gasteiger partial charge on any atom is -0.264 e. The Morgan fingerprint density at radius 2 is 1.07 bits per heavy atom. The van der Waals surface area contributed by atoms with Gasteiger partial charge in [0.15, 0.2) is 5.82 Å². The highest BCUT2D eigenvalue weighted by molar-refractivity contribution is 5.91. The predicted octanol–water partition coefficient (Wildman–Crippen LogP) is 9.27. The summed E-state index contributed by atoms with van der Waals surface area (Å²) in [5, 5.41) is 9.52. The topological polar surface area (TPSA) is 51.6 Å². The molecule has 0 N–H and O–H groups in total. The molecule has 0 bridgehead atoms. The Bertz CT molecular complexity index is 2240. The van der Waals surface area contributed by atoms with Gasteiger partial charge in [-0.25, -0.2) is 4.98 Å². The van der Waals surface area contributed by atoms with Crippen LogP contribution in [0.15, 0.2) is 146 Å². The Hall–Kier alpha value is -5.74. The standard InChI is InChI=1S/C42H30N4/c1-41(2)33-18-8-10-20-35(33)42(36-21-11-9-19-34(36)41)32-17-7-6-16-30(32)31-23-22-28(25-37(31)42)39-38(27-13-4-3-5-14-27)44-40(46-45-39)29-15-12-24-43-26-29/h3-26H,1-2H3. The van der Waals surface area contributed by atoms with E-state index in [4.69, 9.17) is 10.1 Å². The minimum absolute atomic E-state index is 0.147. The van der Waals surface area contributed by atoms with Gasteiger partial charge in [-0.05, 0) is 62.7 Å². The summed E-state index contributed by atoms with van der Waals surface area (Å²) in [7, 11) is 0. The van der Waals surface area contributed by atoms with E-state index >= 15 is 0 Å². The van der Waals surface area contributed by atoms with Crippen molar-refractivity contribution in [3.8, 4) is 45.0 Å². The first-order valence-corrected chi connectivity index (χ1v) is 15.7. The van der Waals surface area contributed by atoms with E-state index in [-0.39, 0.29) is 5.41 Å². The van der Waals surface area contributed by atoms with Crippen molar-refractivity contribution in [1.29, 1.82) is 0 Å². The van der Waals surface area contributed by atoms with Crippen LogP contribution in [0.4, 0.5) is 0 Å². The average molecular weight is 591 g/mol. The molecule has 218 valence electrons. The second-order valence-electron chi connectivity index (χ2n) is 12.7. The smallest absolute Gasteiger partial charge is 0.183 e. The molecule has 46 heavy (non-hydrogen) atoms. The Morgan fingerprint density at radius 1 is 0.457 bits per heavy atom. The van der Waals surface area contributed by atoms with Crippen molar-refractivity contribution < 1.29 is 0 Å². The van der Waals surface area contributed by atoms with E-state index in [0.717, 1.165) is 28.1 Å². The highest BCUT2D eigenvalue weighted by Gasteiger charge is 2.53. The summed E-state index contributed by atoms with van der Waals surface area (Å²) in [4.78, 5) is 9.39. The zero-order chi connectivity index (χ0) is 30.9. The molecular formula is C42H30N4. The van der Waals surface area contributed by atoms with Crippen molar-refractivity contribution in [3.63, 3.8) is 0 Å². The first kappa shape index (κ1) is 26.6. The predicted molar refractivity (Wildman–Crippen MR) is 183 cm³/mol. The molecular weight excluding hydrogens is 560 g/mol. The molecule has 0 saturated carbocycles.